The molecule has 104 valence electrons. The minimum absolute atomic E-state index is 0.0164. The molecule has 1 fully saturated rings. The van der Waals surface area contributed by atoms with E-state index in [0.29, 0.717) is 6.61 Å². The second-order valence-corrected chi connectivity index (χ2v) is 4.49. The Morgan fingerprint density at radius 3 is 3.05 bits per heavy atom. The first-order valence-corrected chi connectivity index (χ1v) is 6.35. The lowest BCUT2D eigenvalue weighted by atomic mass is 10.1. The second-order valence-electron chi connectivity index (χ2n) is 4.49. The third kappa shape index (κ3) is 3.89. The van der Waals surface area contributed by atoms with Gasteiger partial charge in [-0.05, 0) is 31.7 Å². The van der Waals surface area contributed by atoms with Crippen molar-refractivity contribution >= 4 is 5.69 Å². The summed E-state index contributed by atoms with van der Waals surface area (Å²) in [6, 6.07) is 3.21. The van der Waals surface area contributed by atoms with Crippen LogP contribution in [-0.4, -0.2) is 24.2 Å². The topological polar surface area (TPSA) is 61.6 Å². The van der Waals surface area contributed by atoms with Crippen molar-refractivity contribution in [1.82, 2.24) is 0 Å². The number of halogens is 1. The Kier molecular flexibility index (Phi) is 4.68. The standard InChI is InChI=1S/C13H16FNO4/c14-10-5-6-12(15(16)17)13(9-10)19-8-2-4-11-3-1-7-18-11/h5-6,9,11H,1-4,7-8H2. The summed E-state index contributed by atoms with van der Waals surface area (Å²) >= 11 is 0. The van der Waals surface area contributed by atoms with Crippen LogP contribution in [0.5, 0.6) is 5.75 Å². The van der Waals surface area contributed by atoms with Crippen LogP contribution in [0.2, 0.25) is 0 Å². The summed E-state index contributed by atoms with van der Waals surface area (Å²) in [6.07, 6.45) is 4.01. The highest BCUT2D eigenvalue weighted by Gasteiger charge is 2.17. The molecule has 0 spiro atoms. The smallest absolute Gasteiger partial charge is 0.311 e. The van der Waals surface area contributed by atoms with Crippen LogP contribution < -0.4 is 4.74 Å². The SMILES string of the molecule is O=[N+]([O-])c1ccc(F)cc1OCCCC1CCCO1. The van der Waals surface area contributed by atoms with Crippen LogP contribution in [0.15, 0.2) is 18.2 Å². The molecular formula is C13H16FNO4. The minimum Gasteiger partial charge on any atom is -0.487 e. The number of hydrogen-bond donors (Lipinski definition) is 0. The maximum absolute atomic E-state index is 13.0. The lowest BCUT2D eigenvalue weighted by Crippen LogP contribution is -2.08. The molecule has 0 aliphatic carbocycles. The third-order valence-corrected chi connectivity index (χ3v) is 3.07. The van der Waals surface area contributed by atoms with Crippen molar-refractivity contribution in [3.63, 3.8) is 0 Å². The largest absolute Gasteiger partial charge is 0.487 e. The molecule has 1 unspecified atom stereocenters. The van der Waals surface area contributed by atoms with Crippen LogP contribution in [0.3, 0.4) is 0 Å². The summed E-state index contributed by atoms with van der Waals surface area (Å²) in [5, 5.41) is 10.8. The molecule has 2 rings (SSSR count). The molecule has 0 radical (unpaired) electrons. The summed E-state index contributed by atoms with van der Waals surface area (Å²) in [7, 11) is 0. The molecule has 0 N–H and O–H groups in total. The van der Waals surface area contributed by atoms with E-state index in [9.17, 15) is 14.5 Å². The van der Waals surface area contributed by atoms with E-state index in [1.165, 1.54) is 0 Å². The Hall–Kier alpha value is -1.69. The van der Waals surface area contributed by atoms with Crippen LogP contribution in [-0.2, 0) is 4.74 Å². The lowest BCUT2D eigenvalue weighted by molar-refractivity contribution is -0.385. The maximum atomic E-state index is 13.0. The molecule has 1 aromatic rings. The van der Waals surface area contributed by atoms with Gasteiger partial charge in [-0.1, -0.05) is 0 Å². The first kappa shape index (κ1) is 13.7. The van der Waals surface area contributed by atoms with E-state index >= 15 is 0 Å². The van der Waals surface area contributed by atoms with Gasteiger partial charge in [0.05, 0.1) is 17.6 Å². The summed E-state index contributed by atoms with van der Waals surface area (Å²) in [5.41, 5.74) is -0.210. The van der Waals surface area contributed by atoms with E-state index in [2.05, 4.69) is 0 Å². The number of nitrogens with zero attached hydrogens (tertiary/aromatic N) is 1. The van der Waals surface area contributed by atoms with Crippen molar-refractivity contribution in [2.45, 2.75) is 31.8 Å². The molecule has 0 aromatic heterocycles. The summed E-state index contributed by atoms with van der Waals surface area (Å²) in [6.45, 7) is 1.13. The molecule has 1 heterocycles. The predicted octanol–water partition coefficient (Wildman–Crippen LogP) is 3.07. The minimum atomic E-state index is -0.575. The van der Waals surface area contributed by atoms with Gasteiger partial charge in [0.25, 0.3) is 0 Å². The zero-order valence-electron chi connectivity index (χ0n) is 10.5. The molecule has 0 bridgehead atoms. The van der Waals surface area contributed by atoms with Crippen molar-refractivity contribution in [2.24, 2.45) is 0 Å². The van der Waals surface area contributed by atoms with E-state index in [-0.39, 0.29) is 17.5 Å². The Morgan fingerprint density at radius 1 is 1.53 bits per heavy atom. The van der Waals surface area contributed by atoms with Gasteiger partial charge in [-0.15, -0.1) is 0 Å². The van der Waals surface area contributed by atoms with Gasteiger partial charge in [-0.25, -0.2) is 4.39 Å². The first-order chi connectivity index (χ1) is 9.16. The van der Waals surface area contributed by atoms with E-state index in [4.69, 9.17) is 9.47 Å². The molecule has 5 nitrogen and oxygen atoms in total. The van der Waals surface area contributed by atoms with Gasteiger partial charge >= 0.3 is 5.69 Å². The number of nitro groups is 1. The van der Waals surface area contributed by atoms with Crippen LogP contribution in [0.4, 0.5) is 10.1 Å². The molecule has 1 atom stereocenters. The van der Waals surface area contributed by atoms with Crippen LogP contribution in [0.1, 0.15) is 25.7 Å². The fourth-order valence-corrected chi connectivity index (χ4v) is 2.12. The van der Waals surface area contributed by atoms with E-state index < -0.39 is 10.7 Å². The second kappa shape index (κ2) is 6.47. The van der Waals surface area contributed by atoms with E-state index in [1.807, 2.05) is 0 Å². The summed E-state index contributed by atoms with van der Waals surface area (Å²) in [5.74, 6) is -0.558. The van der Waals surface area contributed by atoms with Crippen LogP contribution >= 0.6 is 0 Å². The summed E-state index contributed by atoms with van der Waals surface area (Å²) < 4.78 is 23.8. The number of rotatable bonds is 6. The molecule has 1 aliphatic rings. The Labute approximate surface area is 110 Å². The summed E-state index contributed by atoms with van der Waals surface area (Å²) in [4.78, 5) is 10.2. The number of ether oxygens (including phenoxy) is 2. The molecule has 1 aliphatic heterocycles. The zero-order valence-corrected chi connectivity index (χ0v) is 10.5. The molecular weight excluding hydrogens is 253 g/mol. The van der Waals surface area contributed by atoms with Gasteiger partial charge in [0.1, 0.15) is 5.82 Å². The predicted molar refractivity (Wildman–Crippen MR) is 66.8 cm³/mol. The molecule has 0 saturated carbocycles. The van der Waals surface area contributed by atoms with Gasteiger partial charge in [-0.3, -0.25) is 10.1 Å². The van der Waals surface area contributed by atoms with E-state index in [0.717, 1.165) is 50.5 Å². The average Bonchev–Trinajstić information content (AvgIpc) is 2.87. The first-order valence-electron chi connectivity index (χ1n) is 6.35. The van der Waals surface area contributed by atoms with Crippen molar-refractivity contribution in [3.05, 3.63) is 34.1 Å². The third-order valence-electron chi connectivity index (χ3n) is 3.07. The zero-order chi connectivity index (χ0) is 13.7. The molecule has 1 aromatic carbocycles. The monoisotopic (exact) mass is 269 g/mol. The van der Waals surface area contributed by atoms with Gasteiger partial charge in [0.15, 0.2) is 5.75 Å². The molecule has 1 saturated heterocycles. The normalized spacial score (nSPS) is 18.5. The average molecular weight is 269 g/mol. The number of benzene rings is 1. The Balaban J connectivity index is 1.84. The van der Waals surface area contributed by atoms with Crippen LogP contribution in [0.25, 0.3) is 0 Å². The Bertz CT molecular complexity index is 446. The highest BCUT2D eigenvalue weighted by Crippen LogP contribution is 2.27. The van der Waals surface area contributed by atoms with Gasteiger partial charge in [0.2, 0.25) is 0 Å². The van der Waals surface area contributed by atoms with E-state index in [1.54, 1.807) is 0 Å². The van der Waals surface area contributed by atoms with Crippen molar-refractivity contribution < 1.29 is 18.8 Å². The maximum Gasteiger partial charge on any atom is 0.311 e. The van der Waals surface area contributed by atoms with Crippen LogP contribution in [0, 0.1) is 15.9 Å². The fraction of sp³-hybridized carbons (Fsp3) is 0.538. The highest BCUT2D eigenvalue weighted by atomic mass is 19.1. The lowest BCUT2D eigenvalue weighted by Gasteiger charge is -2.10. The van der Waals surface area contributed by atoms with Crippen molar-refractivity contribution in [1.29, 1.82) is 0 Å². The number of hydrogen-bond acceptors (Lipinski definition) is 4. The Morgan fingerprint density at radius 2 is 2.37 bits per heavy atom. The highest BCUT2D eigenvalue weighted by molar-refractivity contribution is 5.46. The number of nitro benzene ring substituents is 1. The van der Waals surface area contributed by atoms with Gasteiger partial charge < -0.3 is 9.47 Å². The van der Waals surface area contributed by atoms with Crippen molar-refractivity contribution in [2.75, 3.05) is 13.2 Å². The molecule has 0 amide bonds. The van der Waals surface area contributed by atoms with Gasteiger partial charge in [-0.2, -0.15) is 0 Å². The molecule has 19 heavy (non-hydrogen) atoms. The molecule has 6 heteroatoms. The van der Waals surface area contributed by atoms with Crippen molar-refractivity contribution in [3.8, 4) is 5.75 Å². The fourth-order valence-electron chi connectivity index (χ4n) is 2.12. The quantitative estimate of drug-likeness (QED) is 0.452. The van der Waals surface area contributed by atoms with Gasteiger partial charge in [0, 0.05) is 18.7 Å².